The first-order chi connectivity index (χ1) is 12.6. The van der Waals surface area contributed by atoms with Crippen molar-refractivity contribution in [2.75, 3.05) is 6.54 Å². The average molecular weight is 371 g/mol. The van der Waals surface area contributed by atoms with Crippen LogP contribution in [0.25, 0.3) is 0 Å². The highest BCUT2D eigenvalue weighted by Gasteiger charge is 2.34. The number of oxazole rings is 1. The molecule has 1 atom stereocenters. The molecule has 2 aromatic heterocycles. The number of aromatic nitrogens is 3. The van der Waals surface area contributed by atoms with Crippen LogP contribution in [0.4, 0.5) is 0 Å². The zero-order valence-electron chi connectivity index (χ0n) is 14.4. The quantitative estimate of drug-likeness (QED) is 0.703. The van der Waals surface area contributed by atoms with Crippen molar-refractivity contribution in [3.8, 4) is 0 Å². The Morgan fingerprint density at radius 1 is 1.35 bits per heavy atom. The molecule has 7 heteroatoms. The fraction of sp³-hybridized carbons (Fsp3) is 0.316. The van der Waals surface area contributed by atoms with Crippen LogP contribution in [0, 0.1) is 0 Å². The third kappa shape index (κ3) is 3.12. The third-order valence-electron chi connectivity index (χ3n) is 4.73. The van der Waals surface area contributed by atoms with Crippen molar-refractivity contribution in [3.05, 3.63) is 70.7 Å². The maximum absolute atomic E-state index is 12.8. The maximum Gasteiger partial charge on any atom is 0.272 e. The van der Waals surface area contributed by atoms with Gasteiger partial charge < -0.3 is 9.32 Å². The lowest BCUT2D eigenvalue weighted by Crippen LogP contribution is -2.32. The van der Waals surface area contributed by atoms with Gasteiger partial charge in [-0.15, -0.1) is 0 Å². The first-order valence-electron chi connectivity index (χ1n) is 8.60. The molecule has 3 aromatic rings. The molecule has 0 N–H and O–H groups in total. The molecule has 1 aliphatic heterocycles. The van der Waals surface area contributed by atoms with Crippen LogP contribution in [0.15, 0.2) is 47.1 Å². The second kappa shape index (κ2) is 6.96. The van der Waals surface area contributed by atoms with Crippen LogP contribution in [0.2, 0.25) is 5.02 Å². The molecule has 1 fully saturated rings. The van der Waals surface area contributed by atoms with E-state index in [1.807, 2.05) is 29.2 Å². The summed E-state index contributed by atoms with van der Waals surface area (Å²) in [5.41, 5.74) is 1.56. The number of amides is 1. The SMILES string of the molecule is Cn1nccc1C(=O)N1CCC[C@@H]1c1ncc(Cc2ccccc2Cl)o1. The summed E-state index contributed by atoms with van der Waals surface area (Å²) < 4.78 is 7.56. The average Bonchev–Trinajstić information content (AvgIpc) is 3.36. The zero-order chi connectivity index (χ0) is 18.1. The number of benzene rings is 1. The largest absolute Gasteiger partial charge is 0.443 e. The van der Waals surface area contributed by atoms with Crippen LogP contribution >= 0.6 is 11.6 Å². The van der Waals surface area contributed by atoms with Crippen molar-refractivity contribution in [2.24, 2.45) is 7.05 Å². The molecule has 0 unspecified atom stereocenters. The first-order valence-corrected chi connectivity index (χ1v) is 8.98. The van der Waals surface area contributed by atoms with Crippen LogP contribution in [0.3, 0.4) is 0 Å². The highest BCUT2D eigenvalue weighted by Crippen LogP contribution is 2.33. The van der Waals surface area contributed by atoms with Gasteiger partial charge in [-0.25, -0.2) is 4.98 Å². The van der Waals surface area contributed by atoms with E-state index in [2.05, 4.69) is 10.1 Å². The molecule has 1 saturated heterocycles. The fourth-order valence-electron chi connectivity index (χ4n) is 3.39. The highest BCUT2D eigenvalue weighted by molar-refractivity contribution is 6.31. The van der Waals surface area contributed by atoms with Gasteiger partial charge in [0.05, 0.1) is 6.20 Å². The summed E-state index contributed by atoms with van der Waals surface area (Å²) in [6, 6.07) is 9.27. The highest BCUT2D eigenvalue weighted by atomic mass is 35.5. The van der Waals surface area contributed by atoms with Crippen molar-refractivity contribution < 1.29 is 9.21 Å². The van der Waals surface area contributed by atoms with Gasteiger partial charge >= 0.3 is 0 Å². The number of carbonyl (C=O) groups excluding carboxylic acids is 1. The second-order valence-electron chi connectivity index (χ2n) is 6.43. The number of carbonyl (C=O) groups is 1. The minimum atomic E-state index is -0.141. The topological polar surface area (TPSA) is 64.2 Å². The minimum absolute atomic E-state index is 0.0432. The predicted molar refractivity (Wildman–Crippen MR) is 97.0 cm³/mol. The van der Waals surface area contributed by atoms with Crippen LogP contribution in [-0.4, -0.2) is 32.1 Å². The van der Waals surface area contributed by atoms with Gasteiger partial charge in [-0.2, -0.15) is 5.10 Å². The Morgan fingerprint density at radius 2 is 2.19 bits per heavy atom. The van der Waals surface area contributed by atoms with E-state index in [1.165, 1.54) is 0 Å². The predicted octanol–water partition coefficient (Wildman–Crippen LogP) is 3.63. The zero-order valence-corrected chi connectivity index (χ0v) is 15.2. The van der Waals surface area contributed by atoms with Gasteiger partial charge in [0.25, 0.3) is 5.91 Å². The summed E-state index contributed by atoms with van der Waals surface area (Å²) in [5, 5.41) is 4.79. The summed E-state index contributed by atoms with van der Waals surface area (Å²) in [5.74, 6) is 1.28. The van der Waals surface area contributed by atoms with Crippen LogP contribution in [0.5, 0.6) is 0 Å². The molecule has 6 nitrogen and oxygen atoms in total. The van der Waals surface area contributed by atoms with Crippen LogP contribution in [-0.2, 0) is 13.5 Å². The molecule has 0 aliphatic carbocycles. The summed E-state index contributed by atoms with van der Waals surface area (Å²) in [7, 11) is 1.77. The van der Waals surface area contributed by atoms with E-state index in [-0.39, 0.29) is 11.9 Å². The third-order valence-corrected chi connectivity index (χ3v) is 5.10. The molecule has 3 heterocycles. The van der Waals surface area contributed by atoms with Crippen molar-refractivity contribution in [3.63, 3.8) is 0 Å². The van der Waals surface area contributed by atoms with Crippen LogP contribution in [0.1, 0.15) is 46.6 Å². The number of rotatable bonds is 4. The molecule has 4 rings (SSSR count). The molecule has 0 saturated carbocycles. The Bertz CT molecular complexity index is 933. The molecule has 0 spiro atoms. The lowest BCUT2D eigenvalue weighted by atomic mass is 10.1. The molecule has 26 heavy (non-hydrogen) atoms. The monoisotopic (exact) mass is 370 g/mol. The van der Waals surface area contributed by atoms with E-state index >= 15 is 0 Å². The number of nitrogens with zero attached hydrogens (tertiary/aromatic N) is 4. The Labute approximate surface area is 156 Å². The van der Waals surface area contributed by atoms with E-state index < -0.39 is 0 Å². The van der Waals surface area contributed by atoms with Crippen molar-refractivity contribution in [1.82, 2.24) is 19.7 Å². The lowest BCUT2D eigenvalue weighted by molar-refractivity contribution is 0.0703. The standard InChI is InChI=1S/C19H19ClN4O2/c1-23-17(8-9-22-23)19(25)24-10-4-7-16(24)18-21-12-14(26-18)11-13-5-2-3-6-15(13)20/h2-3,5-6,8-9,12,16H,4,7,10-11H2,1H3/t16-/m1/s1. The van der Waals surface area contributed by atoms with E-state index in [9.17, 15) is 4.79 Å². The van der Waals surface area contributed by atoms with Gasteiger partial charge in [0.2, 0.25) is 5.89 Å². The smallest absolute Gasteiger partial charge is 0.272 e. The molecule has 1 aromatic carbocycles. The number of hydrogen-bond acceptors (Lipinski definition) is 4. The van der Waals surface area contributed by atoms with E-state index in [4.69, 9.17) is 16.0 Å². The Kier molecular flexibility index (Phi) is 4.51. The molecule has 1 amide bonds. The summed E-state index contributed by atoms with van der Waals surface area (Å²) >= 11 is 6.22. The summed E-state index contributed by atoms with van der Waals surface area (Å²) in [6.45, 7) is 0.691. The van der Waals surface area contributed by atoms with Crippen molar-refractivity contribution in [2.45, 2.75) is 25.3 Å². The summed E-state index contributed by atoms with van der Waals surface area (Å²) in [4.78, 5) is 19.1. The first kappa shape index (κ1) is 16.8. The van der Waals surface area contributed by atoms with Crippen molar-refractivity contribution in [1.29, 1.82) is 0 Å². The molecule has 0 radical (unpaired) electrons. The van der Waals surface area contributed by atoms with Gasteiger partial charge in [0.1, 0.15) is 17.5 Å². The lowest BCUT2D eigenvalue weighted by Gasteiger charge is -2.22. The minimum Gasteiger partial charge on any atom is -0.443 e. The second-order valence-corrected chi connectivity index (χ2v) is 6.84. The Balaban J connectivity index is 1.54. The number of likely N-dealkylation sites (tertiary alicyclic amines) is 1. The van der Waals surface area contributed by atoms with Gasteiger partial charge in [0.15, 0.2) is 0 Å². The molecular formula is C19H19ClN4O2. The number of hydrogen-bond donors (Lipinski definition) is 0. The molecule has 134 valence electrons. The van der Waals surface area contributed by atoms with Crippen LogP contribution < -0.4 is 0 Å². The molecule has 1 aliphatic rings. The summed E-state index contributed by atoms with van der Waals surface area (Å²) in [6.07, 6.45) is 5.70. The van der Waals surface area contributed by atoms with Gasteiger partial charge in [-0.3, -0.25) is 9.48 Å². The maximum atomic E-state index is 12.8. The van der Waals surface area contributed by atoms with Crippen molar-refractivity contribution >= 4 is 17.5 Å². The van der Waals surface area contributed by atoms with Gasteiger partial charge in [-0.05, 0) is 30.5 Å². The Morgan fingerprint density at radius 3 is 2.96 bits per heavy atom. The fourth-order valence-corrected chi connectivity index (χ4v) is 3.59. The number of halogens is 1. The molecular weight excluding hydrogens is 352 g/mol. The van der Waals surface area contributed by atoms with E-state index in [1.54, 1.807) is 30.2 Å². The number of aryl methyl sites for hydroxylation is 1. The van der Waals surface area contributed by atoms with E-state index in [0.29, 0.717) is 29.6 Å². The normalized spacial score (nSPS) is 17.0. The van der Waals surface area contributed by atoms with E-state index in [0.717, 1.165) is 24.2 Å². The Hall–Kier alpha value is -2.60. The molecule has 0 bridgehead atoms. The van der Waals surface area contributed by atoms with Gasteiger partial charge in [0, 0.05) is 31.2 Å². The van der Waals surface area contributed by atoms with Gasteiger partial charge in [-0.1, -0.05) is 29.8 Å².